The largest absolute Gasteiger partial charge is 0.378 e. The summed E-state index contributed by atoms with van der Waals surface area (Å²) < 4.78 is 15.2. The molecule has 3 unspecified atom stereocenters. The van der Waals surface area contributed by atoms with Crippen LogP contribution in [0.1, 0.15) is 81.3 Å². The van der Waals surface area contributed by atoms with Gasteiger partial charge >= 0.3 is 0 Å². The predicted molar refractivity (Wildman–Crippen MR) is 324 cm³/mol. The molecule has 0 aliphatic carbocycles. The Labute approximate surface area is 485 Å². The van der Waals surface area contributed by atoms with Gasteiger partial charge in [-0.2, -0.15) is 29.1 Å². The first-order chi connectivity index (χ1) is 37.9. The topological polar surface area (TPSA) is 171 Å². The van der Waals surface area contributed by atoms with E-state index in [-0.39, 0.29) is 28.3 Å². The highest BCUT2D eigenvalue weighted by Gasteiger charge is 2.31. The van der Waals surface area contributed by atoms with Crippen LogP contribution in [0.4, 0.5) is 29.1 Å². The van der Waals surface area contributed by atoms with E-state index in [0.29, 0.717) is 21.2 Å². The van der Waals surface area contributed by atoms with E-state index < -0.39 is 0 Å². The number of piperidine rings is 2. The quantitative estimate of drug-likeness (QED) is 0.114. The van der Waals surface area contributed by atoms with Crippen LogP contribution in [0, 0.1) is 0 Å². The lowest BCUT2D eigenvalue weighted by atomic mass is 9.99. The highest BCUT2D eigenvalue weighted by Crippen LogP contribution is 2.39. The summed E-state index contributed by atoms with van der Waals surface area (Å²) in [6.45, 7) is 15.4. The summed E-state index contributed by atoms with van der Waals surface area (Å²) in [5.74, 6) is 5.30. The summed E-state index contributed by atoms with van der Waals surface area (Å²) in [6, 6.07) is 20.4. The molecule has 19 nitrogen and oxygen atoms in total. The van der Waals surface area contributed by atoms with E-state index in [4.69, 9.17) is 69.4 Å². The van der Waals surface area contributed by atoms with E-state index >= 15 is 0 Å². The van der Waals surface area contributed by atoms with Gasteiger partial charge in [-0.25, -0.2) is 29.9 Å². The average molecular weight is 1170 g/mol. The van der Waals surface area contributed by atoms with Crippen molar-refractivity contribution in [2.75, 3.05) is 129 Å². The number of aromatic nitrogens is 10. The van der Waals surface area contributed by atoms with Crippen LogP contribution in [0.5, 0.6) is 0 Å². The van der Waals surface area contributed by atoms with Crippen molar-refractivity contribution < 1.29 is 9.47 Å². The van der Waals surface area contributed by atoms with E-state index in [2.05, 4.69) is 74.4 Å². The Morgan fingerprint density at radius 3 is 1.58 bits per heavy atom. The fourth-order valence-electron chi connectivity index (χ4n) is 10.7. The molecule has 0 amide bonds. The van der Waals surface area contributed by atoms with E-state index in [1.165, 1.54) is 51.5 Å². The molecule has 3 atom stereocenters. The molecule has 7 saturated heterocycles. The Morgan fingerprint density at radius 2 is 1.04 bits per heavy atom. The molecule has 420 valence electrons. The molecular formula is C55H70Cl4N17O2P. The first-order valence-electron chi connectivity index (χ1n) is 27.5. The first kappa shape index (κ1) is 57.0. The van der Waals surface area contributed by atoms with Crippen LogP contribution < -0.4 is 35.1 Å². The summed E-state index contributed by atoms with van der Waals surface area (Å²) in [7, 11) is 0. The molecule has 79 heavy (non-hydrogen) atoms. The van der Waals surface area contributed by atoms with Crippen LogP contribution in [0.25, 0.3) is 33.1 Å². The number of hydrogen-bond acceptors (Lipinski definition) is 17. The summed E-state index contributed by atoms with van der Waals surface area (Å²) >= 11 is 18.0. The van der Waals surface area contributed by atoms with Gasteiger partial charge in [-0.15, -0.1) is 12.4 Å². The summed E-state index contributed by atoms with van der Waals surface area (Å²) in [4.78, 5) is 38.9. The van der Waals surface area contributed by atoms with Crippen molar-refractivity contribution in [3.63, 3.8) is 0 Å². The van der Waals surface area contributed by atoms with Crippen molar-refractivity contribution in [1.29, 1.82) is 0 Å². The molecule has 8 aromatic rings. The van der Waals surface area contributed by atoms with Crippen molar-refractivity contribution in [2.45, 2.75) is 69.9 Å². The molecular weight excluding hydrogens is 1100 g/mol. The number of benzene rings is 2. The summed E-state index contributed by atoms with van der Waals surface area (Å²) in [5.41, 5.74) is 5.73. The number of halogens is 4. The van der Waals surface area contributed by atoms with E-state index in [1.807, 2.05) is 33.3 Å². The highest BCUT2D eigenvalue weighted by molar-refractivity contribution is 6.92. The third kappa shape index (κ3) is 13.0. The van der Waals surface area contributed by atoms with Crippen LogP contribution in [0.3, 0.4) is 0 Å². The van der Waals surface area contributed by atoms with Crippen molar-refractivity contribution >= 4 is 119 Å². The minimum Gasteiger partial charge on any atom is -0.378 e. The number of nitrogens with zero attached hydrogens (tertiary/aromatic N) is 15. The standard InChI is InChI=1S/C26H29ClN8O.C18H26N6O.C8H4Cl2N2.C3H7N.ClH.H3P/c27-18-5-6-20-19(14-18)26(29-17-28-20)34-9-2-1-4-22(34)21-15-24-30-23(32-7-3-8-32)16-25(35(24)31-21)33-10-12-36-13-11-33;1-2-5-19-14(4-1)15-12-17-20-16(22-6-3-7-22)13-18(24(17)21-15)23-8-10-25-11-9-23;9-5-1-2-7-6(3-5)8(10)12-4-11-7;1-2-4-3-1;;/h5-6,14-17,22H,1-4,7-13H2;12-14,19H,1-11H2;1-4H;4H,1-3H2;1H;1H3. The molecule has 7 fully saturated rings. The van der Waals surface area contributed by atoms with Crippen LogP contribution in [0.2, 0.25) is 15.2 Å². The SMILES string of the molecule is C1CNC1.Cl.Clc1ccc2ncnc(Cl)c2c1.Clc1ccc2ncnc(N3CCCCC3c3cc4nc(N5CCC5)cc(N5CCOCC5)n4n3)c2c1.P.c1c(N2CCC2)nc2cc(C3CCCCN3)nn2c1N1CCOCC1. The summed E-state index contributed by atoms with van der Waals surface area (Å²) in [5, 5.41) is 20.4. The number of hydrogen-bond donors (Lipinski definition) is 2. The van der Waals surface area contributed by atoms with Gasteiger partial charge in [0.1, 0.15) is 46.9 Å². The van der Waals surface area contributed by atoms with Gasteiger partial charge in [0, 0.05) is 104 Å². The van der Waals surface area contributed by atoms with Gasteiger partial charge in [-0.05, 0) is 107 Å². The maximum atomic E-state index is 6.37. The van der Waals surface area contributed by atoms with Gasteiger partial charge in [0.15, 0.2) is 11.3 Å². The second kappa shape index (κ2) is 26.6. The van der Waals surface area contributed by atoms with Gasteiger partial charge in [-0.3, -0.25) is 0 Å². The molecule has 0 radical (unpaired) electrons. The number of ether oxygens (including phenoxy) is 2. The van der Waals surface area contributed by atoms with Crippen LogP contribution >= 0.6 is 57.1 Å². The molecule has 7 aliphatic heterocycles. The predicted octanol–water partition coefficient (Wildman–Crippen LogP) is 9.09. The minimum atomic E-state index is 0. The lowest BCUT2D eigenvalue weighted by molar-refractivity contribution is 0.122. The Morgan fingerprint density at radius 1 is 0.506 bits per heavy atom. The van der Waals surface area contributed by atoms with Crippen molar-refractivity contribution in [3.8, 4) is 0 Å². The van der Waals surface area contributed by atoms with Crippen LogP contribution in [-0.4, -0.2) is 154 Å². The maximum absolute atomic E-state index is 6.37. The lowest BCUT2D eigenvalue weighted by Crippen LogP contribution is -2.40. The summed E-state index contributed by atoms with van der Waals surface area (Å²) in [6.07, 6.45) is 13.9. The zero-order valence-corrected chi connectivity index (χ0v) is 49.0. The van der Waals surface area contributed by atoms with Crippen molar-refractivity contribution in [3.05, 3.63) is 99.9 Å². The fourth-order valence-corrected chi connectivity index (χ4v) is 11.3. The van der Waals surface area contributed by atoms with Crippen molar-refractivity contribution in [2.24, 2.45) is 0 Å². The second-order valence-corrected chi connectivity index (χ2v) is 21.7. The van der Waals surface area contributed by atoms with E-state index in [1.54, 1.807) is 18.5 Å². The highest BCUT2D eigenvalue weighted by atomic mass is 35.5. The minimum absolute atomic E-state index is 0. The molecule has 6 aromatic heterocycles. The van der Waals surface area contributed by atoms with Gasteiger partial charge in [0.05, 0.1) is 60.9 Å². The number of morpholine rings is 2. The maximum Gasteiger partial charge on any atom is 0.160 e. The third-order valence-corrected chi connectivity index (χ3v) is 16.2. The number of fused-ring (bicyclic) bond motifs is 4. The Bertz CT molecular complexity index is 3300. The zero-order valence-electron chi connectivity index (χ0n) is 44.5. The molecule has 24 heteroatoms. The number of anilines is 5. The number of rotatable bonds is 7. The van der Waals surface area contributed by atoms with Crippen molar-refractivity contribution in [1.82, 2.24) is 59.8 Å². The smallest absolute Gasteiger partial charge is 0.160 e. The molecule has 7 aliphatic rings. The fraction of sp³-hybridized carbons (Fsp3) is 0.491. The zero-order chi connectivity index (χ0) is 52.1. The molecule has 13 heterocycles. The molecule has 15 rings (SSSR count). The average Bonchev–Trinajstić information content (AvgIpc) is 4.23. The molecule has 0 bridgehead atoms. The Balaban J connectivity index is 0.000000141. The van der Waals surface area contributed by atoms with Crippen LogP contribution in [0.15, 0.2) is 73.3 Å². The number of nitrogens with one attached hydrogen (secondary N) is 2. The Kier molecular flexibility index (Phi) is 19.2. The molecule has 2 N–H and O–H groups in total. The van der Waals surface area contributed by atoms with Gasteiger partial charge in [-0.1, -0.05) is 41.2 Å². The van der Waals surface area contributed by atoms with Crippen LogP contribution in [-0.2, 0) is 9.47 Å². The monoisotopic (exact) mass is 1170 g/mol. The first-order valence-corrected chi connectivity index (χ1v) is 28.7. The van der Waals surface area contributed by atoms with Gasteiger partial charge in [0.25, 0.3) is 0 Å². The third-order valence-electron chi connectivity index (χ3n) is 15.5. The second-order valence-electron chi connectivity index (χ2n) is 20.5. The Hall–Kier alpha value is -5.21. The van der Waals surface area contributed by atoms with Gasteiger partial charge < -0.3 is 44.6 Å². The van der Waals surface area contributed by atoms with E-state index in [9.17, 15) is 0 Å². The molecule has 0 saturated carbocycles. The normalized spacial score (nSPS) is 20.1. The van der Waals surface area contributed by atoms with Gasteiger partial charge in [0.2, 0.25) is 0 Å². The van der Waals surface area contributed by atoms with E-state index in [0.717, 1.165) is 191 Å². The lowest BCUT2D eigenvalue weighted by Gasteiger charge is -2.36. The molecule has 2 aromatic carbocycles. The molecule has 0 spiro atoms.